The summed E-state index contributed by atoms with van der Waals surface area (Å²) >= 11 is 1.37. The molecule has 0 aromatic carbocycles. The van der Waals surface area contributed by atoms with Gasteiger partial charge in [0.25, 0.3) is 5.91 Å². The number of alkyl halides is 1. The van der Waals surface area contributed by atoms with Gasteiger partial charge in [0, 0.05) is 37.2 Å². The molecule has 200 valence electrons. The number of imidazole rings is 1. The lowest BCUT2D eigenvalue weighted by atomic mass is 10.0. The summed E-state index contributed by atoms with van der Waals surface area (Å²) < 4.78 is 18.6. The van der Waals surface area contributed by atoms with Crippen molar-refractivity contribution in [2.24, 2.45) is 0 Å². The Labute approximate surface area is 225 Å². The minimum atomic E-state index is -0.963. The van der Waals surface area contributed by atoms with E-state index in [9.17, 15) is 9.18 Å². The number of nitrogens with one attached hydrogen (secondary N) is 2. The number of piperidine rings is 1. The van der Waals surface area contributed by atoms with Gasteiger partial charge < -0.3 is 20.1 Å². The topological polar surface area (TPSA) is 92.4 Å². The van der Waals surface area contributed by atoms with Crippen LogP contribution >= 0.6 is 11.3 Å². The molecule has 0 radical (unpaired) electrons. The Morgan fingerprint density at radius 3 is 2.82 bits per heavy atom. The van der Waals surface area contributed by atoms with Crippen LogP contribution in [-0.2, 0) is 12.1 Å². The SMILES string of the molecule is C=Cc1c(-c2nnc(CNC(=O)c3ccn(C(C)(C)C)c3)s2)nc2c(N[C@@H]3CCN(C)C[C@@H]3F)cccn12. The number of carbonyl (C=O) groups excluding carboxylic acids is 1. The van der Waals surface area contributed by atoms with Crippen LogP contribution < -0.4 is 10.6 Å². The minimum Gasteiger partial charge on any atom is -0.376 e. The van der Waals surface area contributed by atoms with E-state index in [1.165, 1.54) is 11.3 Å². The third-order valence-corrected chi connectivity index (χ3v) is 7.69. The van der Waals surface area contributed by atoms with Gasteiger partial charge in [-0.1, -0.05) is 17.9 Å². The van der Waals surface area contributed by atoms with E-state index in [1.807, 2.05) is 57.7 Å². The zero-order valence-electron chi connectivity index (χ0n) is 22.1. The molecule has 1 aliphatic heterocycles. The summed E-state index contributed by atoms with van der Waals surface area (Å²) in [5.74, 6) is -0.167. The van der Waals surface area contributed by atoms with E-state index >= 15 is 0 Å². The number of fused-ring (bicyclic) bond motifs is 1. The van der Waals surface area contributed by atoms with E-state index in [4.69, 9.17) is 4.98 Å². The monoisotopic (exact) mass is 536 g/mol. The van der Waals surface area contributed by atoms with Crippen LogP contribution in [0.2, 0.25) is 0 Å². The number of amides is 1. The molecule has 0 spiro atoms. The van der Waals surface area contributed by atoms with Crippen LogP contribution in [0.1, 0.15) is 48.3 Å². The van der Waals surface area contributed by atoms with E-state index < -0.39 is 6.17 Å². The lowest BCUT2D eigenvalue weighted by Crippen LogP contribution is -2.46. The predicted molar refractivity (Wildman–Crippen MR) is 149 cm³/mol. The number of pyridine rings is 1. The fourth-order valence-electron chi connectivity index (χ4n) is 4.60. The maximum atomic E-state index is 14.7. The highest BCUT2D eigenvalue weighted by Gasteiger charge is 2.28. The highest BCUT2D eigenvalue weighted by molar-refractivity contribution is 7.14. The second kappa shape index (κ2) is 10.3. The normalized spacial score (nSPS) is 18.6. The second-order valence-electron chi connectivity index (χ2n) is 10.6. The molecule has 4 aromatic rings. The quantitative estimate of drug-likeness (QED) is 0.363. The van der Waals surface area contributed by atoms with Crippen LogP contribution in [0.5, 0.6) is 0 Å². The number of aromatic nitrogens is 5. The molecule has 9 nitrogen and oxygen atoms in total. The molecule has 1 aliphatic rings. The molecule has 0 aliphatic carbocycles. The lowest BCUT2D eigenvalue weighted by Gasteiger charge is -2.33. The van der Waals surface area contributed by atoms with E-state index in [1.54, 1.807) is 6.08 Å². The number of halogens is 1. The van der Waals surface area contributed by atoms with Crippen molar-refractivity contribution in [2.45, 2.75) is 51.5 Å². The number of nitrogens with zero attached hydrogens (tertiary/aromatic N) is 6. The van der Waals surface area contributed by atoms with Gasteiger partial charge in [0.1, 0.15) is 16.9 Å². The first-order valence-electron chi connectivity index (χ1n) is 12.7. The molecule has 1 saturated heterocycles. The molecule has 0 bridgehead atoms. The van der Waals surface area contributed by atoms with Crippen molar-refractivity contribution in [3.8, 4) is 10.7 Å². The van der Waals surface area contributed by atoms with E-state index in [-0.39, 0.29) is 24.0 Å². The molecule has 1 amide bonds. The van der Waals surface area contributed by atoms with Crippen molar-refractivity contribution in [1.82, 2.24) is 34.4 Å². The standard InChI is InChI=1S/C27H33FN8OS/c1-6-21-23(31-24-20(8-7-11-36(21)24)30-19-10-12-34(5)16-18(19)28)26-33-32-22(38-26)14-29-25(37)17-9-13-35(15-17)27(2,3)4/h6-9,11,13,15,18-19,30H,1,10,12,14,16H2,2-5H3,(H,29,37)/t18-,19+/m0/s1. The predicted octanol–water partition coefficient (Wildman–Crippen LogP) is 4.44. The van der Waals surface area contributed by atoms with Gasteiger partial charge in [0.15, 0.2) is 10.7 Å². The second-order valence-corrected chi connectivity index (χ2v) is 11.7. The molecule has 2 atom stereocenters. The van der Waals surface area contributed by atoms with Crippen LogP contribution in [0.25, 0.3) is 22.4 Å². The molecule has 0 unspecified atom stereocenters. The fourth-order valence-corrected chi connectivity index (χ4v) is 5.37. The maximum Gasteiger partial charge on any atom is 0.253 e. The average Bonchev–Trinajstić information content (AvgIpc) is 3.62. The van der Waals surface area contributed by atoms with Gasteiger partial charge >= 0.3 is 0 Å². The third kappa shape index (κ3) is 5.21. The number of anilines is 1. The van der Waals surface area contributed by atoms with Gasteiger partial charge in [0.05, 0.1) is 29.5 Å². The third-order valence-electron chi connectivity index (χ3n) is 6.76. The van der Waals surface area contributed by atoms with Crippen LogP contribution in [-0.4, -0.2) is 67.3 Å². The first-order chi connectivity index (χ1) is 18.1. The molecule has 4 aromatic heterocycles. The Hall–Kier alpha value is -3.57. The van der Waals surface area contributed by atoms with E-state index in [0.29, 0.717) is 39.9 Å². The molecule has 11 heteroatoms. The van der Waals surface area contributed by atoms with Crippen molar-refractivity contribution in [3.05, 3.63) is 59.6 Å². The summed E-state index contributed by atoms with van der Waals surface area (Å²) in [7, 11) is 1.94. The number of rotatable bonds is 7. The van der Waals surface area contributed by atoms with Crippen molar-refractivity contribution < 1.29 is 9.18 Å². The summed E-state index contributed by atoms with van der Waals surface area (Å²) in [6.45, 7) is 11.7. The van der Waals surface area contributed by atoms with E-state index in [2.05, 4.69) is 48.2 Å². The van der Waals surface area contributed by atoms with Crippen LogP contribution in [0.15, 0.2) is 43.4 Å². The first-order valence-corrected chi connectivity index (χ1v) is 13.5. The van der Waals surface area contributed by atoms with Gasteiger partial charge in [-0.3, -0.25) is 9.20 Å². The van der Waals surface area contributed by atoms with Gasteiger partial charge in [0.2, 0.25) is 0 Å². The Balaban J connectivity index is 1.34. The molecular weight excluding hydrogens is 503 g/mol. The zero-order valence-corrected chi connectivity index (χ0v) is 22.9. The van der Waals surface area contributed by atoms with Crippen molar-refractivity contribution >= 4 is 34.7 Å². The molecule has 5 rings (SSSR count). The van der Waals surface area contributed by atoms with Gasteiger partial charge in [-0.25, -0.2) is 9.37 Å². The summed E-state index contributed by atoms with van der Waals surface area (Å²) in [5.41, 5.74) is 3.36. The number of hydrogen-bond donors (Lipinski definition) is 2. The van der Waals surface area contributed by atoms with Crippen molar-refractivity contribution in [3.63, 3.8) is 0 Å². The van der Waals surface area contributed by atoms with Gasteiger partial charge in [-0.05, 0) is 58.5 Å². The van der Waals surface area contributed by atoms with Crippen LogP contribution in [0, 0.1) is 0 Å². The first kappa shape index (κ1) is 26.1. The zero-order chi connectivity index (χ0) is 27.0. The highest BCUT2D eigenvalue weighted by atomic mass is 32.1. The largest absolute Gasteiger partial charge is 0.376 e. The summed E-state index contributed by atoms with van der Waals surface area (Å²) in [6.07, 6.45) is 7.14. The fraction of sp³-hybridized carbons (Fsp3) is 0.407. The van der Waals surface area contributed by atoms with Crippen LogP contribution in [0.4, 0.5) is 10.1 Å². The molecule has 5 heterocycles. The summed E-state index contributed by atoms with van der Waals surface area (Å²) in [6, 6.07) is 5.35. The van der Waals surface area contributed by atoms with Gasteiger partial charge in [-0.2, -0.15) is 0 Å². The van der Waals surface area contributed by atoms with Crippen molar-refractivity contribution in [1.29, 1.82) is 0 Å². The average molecular weight is 537 g/mol. The molecule has 0 saturated carbocycles. The molecule has 2 N–H and O–H groups in total. The highest BCUT2D eigenvalue weighted by Crippen LogP contribution is 2.31. The molecule has 38 heavy (non-hydrogen) atoms. The van der Waals surface area contributed by atoms with E-state index in [0.717, 1.165) is 17.9 Å². The lowest BCUT2D eigenvalue weighted by molar-refractivity contribution is 0.0950. The molecule has 1 fully saturated rings. The summed E-state index contributed by atoms with van der Waals surface area (Å²) in [4.78, 5) is 19.5. The Morgan fingerprint density at radius 2 is 2.11 bits per heavy atom. The number of hydrogen-bond acceptors (Lipinski definition) is 7. The Bertz CT molecular complexity index is 1470. The van der Waals surface area contributed by atoms with Crippen molar-refractivity contribution in [2.75, 3.05) is 25.5 Å². The Kier molecular flexibility index (Phi) is 7.06. The Morgan fingerprint density at radius 1 is 1.29 bits per heavy atom. The van der Waals surface area contributed by atoms with Crippen LogP contribution in [0.3, 0.4) is 0 Å². The molecular formula is C27H33FN8OS. The maximum absolute atomic E-state index is 14.7. The number of carbonyl (C=O) groups is 1. The smallest absolute Gasteiger partial charge is 0.253 e. The van der Waals surface area contributed by atoms with Gasteiger partial charge in [-0.15, -0.1) is 10.2 Å². The minimum absolute atomic E-state index is 0.0975. The summed E-state index contributed by atoms with van der Waals surface area (Å²) in [5, 5.41) is 16.2. The number of likely N-dealkylation sites (tertiary alicyclic amines) is 1.